The van der Waals surface area contributed by atoms with Crippen molar-refractivity contribution in [2.45, 2.75) is 13.8 Å². The van der Waals surface area contributed by atoms with Crippen LogP contribution in [0.25, 0.3) is 0 Å². The van der Waals surface area contributed by atoms with E-state index >= 15 is 0 Å². The molecule has 0 spiro atoms. The minimum Gasteiger partial charge on any atom is -0.376 e. The van der Waals surface area contributed by atoms with Gasteiger partial charge in [-0.2, -0.15) is 0 Å². The molecule has 3 aromatic carbocycles. The number of nitrogens with two attached hydrogens (primary N) is 1. The molecule has 0 aliphatic rings. The highest BCUT2D eigenvalue weighted by atomic mass is 32.1. The van der Waals surface area contributed by atoms with Gasteiger partial charge in [0.15, 0.2) is 10.2 Å². The average Bonchev–Trinajstić information content (AvgIpc) is 2.75. The molecule has 6 heteroatoms. The monoisotopic (exact) mass is 436 g/mol. The molecule has 0 radical (unpaired) electrons. The summed E-state index contributed by atoms with van der Waals surface area (Å²) in [5.74, 6) is 0.608. The van der Waals surface area contributed by atoms with E-state index in [-0.39, 0.29) is 0 Å². The Morgan fingerprint density at radius 3 is 1.60 bits per heavy atom. The summed E-state index contributed by atoms with van der Waals surface area (Å²) in [5, 5.41) is 7.18. The van der Waals surface area contributed by atoms with E-state index in [1.165, 1.54) is 0 Å². The topological polar surface area (TPSA) is 53.3 Å². The third-order valence-corrected chi connectivity index (χ3v) is 4.37. The van der Waals surface area contributed by atoms with Gasteiger partial charge in [-0.15, -0.1) is 0 Å². The maximum Gasteiger partial charge on any atom is 0.182 e. The number of thiocarbonyl (C=S) groups is 2. The van der Waals surface area contributed by atoms with E-state index in [9.17, 15) is 0 Å². The first-order chi connectivity index (χ1) is 14.5. The SMILES string of the molecule is CC(C)CNC(N)=S.S=C(Nc1ccccc1)N(c1ccccc1)c1ccccc1. The van der Waals surface area contributed by atoms with Crippen LogP contribution in [0.1, 0.15) is 13.8 Å². The number of nitrogens with zero attached hydrogens (tertiary/aromatic N) is 1. The Labute approximate surface area is 190 Å². The Bertz CT molecular complexity index is 861. The highest BCUT2D eigenvalue weighted by Gasteiger charge is 2.14. The van der Waals surface area contributed by atoms with Gasteiger partial charge < -0.3 is 16.4 Å². The molecular formula is C24H28N4S2. The second kappa shape index (κ2) is 12.6. The molecule has 0 fully saturated rings. The molecule has 0 bridgehead atoms. The zero-order chi connectivity index (χ0) is 21.8. The number of nitrogens with one attached hydrogen (secondary N) is 2. The summed E-state index contributed by atoms with van der Waals surface area (Å²) >= 11 is 10.2. The molecule has 0 saturated carbocycles. The minimum atomic E-state index is 0.388. The molecule has 156 valence electrons. The number of para-hydroxylation sites is 3. The van der Waals surface area contributed by atoms with Gasteiger partial charge in [-0.3, -0.25) is 4.90 Å². The number of hydrogen-bond donors (Lipinski definition) is 3. The van der Waals surface area contributed by atoms with Crippen LogP contribution < -0.4 is 21.3 Å². The Balaban J connectivity index is 0.000000343. The second-order valence-corrected chi connectivity index (χ2v) is 7.77. The fraction of sp³-hybridized carbons (Fsp3) is 0.167. The third kappa shape index (κ3) is 8.19. The summed E-state index contributed by atoms with van der Waals surface area (Å²) in [5.41, 5.74) is 8.20. The van der Waals surface area contributed by atoms with Crippen LogP contribution in [0.5, 0.6) is 0 Å². The standard InChI is InChI=1S/C19H16N2S.C5H12N2S/c22-19(20-16-10-4-1-5-11-16)21(17-12-6-2-7-13-17)18-14-8-3-9-15-18;1-4(2)3-7-5(6)8/h1-15H,(H,20,22);4H,3H2,1-2H3,(H3,6,7,8). The highest BCUT2D eigenvalue weighted by molar-refractivity contribution is 7.80. The number of hydrogen-bond acceptors (Lipinski definition) is 2. The van der Waals surface area contributed by atoms with E-state index in [1.54, 1.807) is 0 Å². The summed E-state index contributed by atoms with van der Waals surface area (Å²) in [6, 6.07) is 30.2. The molecule has 0 saturated heterocycles. The molecule has 0 aliphatic carbocycles. The van der Waals surface area contributed by atoms with Crippen LogP contribution in [0.15, 0.2) is 91.0 Å². The molecule has 0 amide bonds. The first-order valence-corrected chi connectivity index (χ1v) is 10.6. The van der Waals surface area contributed by atoms with Crippen LogP contribution in [0.4, 0.5) is 17.1 Å². The van der Waals surface area contributed by atoms with E-state index < -0.39 is 0 Å². The Kier molecular flexibility index (Phi) is 9.77. The van der Waals surface area contributed by atoms with Gasteiger partial charge in [0.1, 0.15) is 0 Å². The predicted octanol–water partition coefficient (Wildman–Crippen LogP) is 5.70. The molecule has 0 aliphatic heterocycles. The lowest BCUT2D eigenvalue weighted by Crippen LogP contribution is -2.31. The van der Waals surface area contributed by atoms with E-state index in [0.717, 1.165) is 23.6 Å². The summed E-state index contributed by atoms with van der Waals surface area (Å²) in [4.78, 5) is 2.03. The van der Waals surface area contributed by atoms with Gasteiger partial charge in [0.25, 0.3) is 0 Å². The Hall–Kier alpha value is -2.96. The fourth-order valence-corrected chi connectivity index (χ4v) is 2.96. The first-order valence-electron chi connectivity index (χ1n) is 9.77. The van der Waals surface area contributed by atoms with Crippen LogP contribution in [0.3, 0.4) is 0 Å². The predicted molar refractivity (Wildman–Crippen MR) is 137 cm³/mol. The molecule has 4 N–H and O–H groups in total. The summed E-state index contributed by atoms with van der Waals surface area (Å²) in [6.45, 7) is 5.08. The smallest absolute Gasteiger partial charge is 0.182 e. The van der Waals surface area contributed by atoms with Crippen molar-refractivity contribution in [2.24, 2.45) is 11.7 Å². The third-order valence-electron chi connectivity index (χ3n) is 3.94. The van der Waals surface area contributed by atoms with Crippen molar-refractivity contribution in [1.82, 2.24) is 5.32 Å². The molecule has 30 heavy (non-hydrogen) atoms. The molecular weight excluding hydrogens is 408 g/mol. The molecule has 0 heterocycles. The van der Waals surface area contributed by atoms with Gasteiger partial charge in [0.05, 0.1) is 0 Å². The van der Waals surface area contributed by atoms with Gasteiger partial charge in [-0.1, -0.05) is 68.4 Å². The molecule has 3 aromatic rings. The maximum absolute atomic E-state index is 5.64. The normalized spacial score (nSPS) is 9.83. The molecule has 0 atom stereocenters. The molecule has 4 nitrogen and oxygen atoms in total. The van der Waals surface area contributed by atoms with Crippen LogP contribution >= 0.6 is 24.4 Å². The van der Waals surface area contributed by atoms with Crippen LogP contribution in [0, 0.1) is 5.92 Å². The van der Waals surface area contributed by atoms with Crippen molar-refractivity contribution in [3.63, 3.8) is 0 Å². The van der Waals surface area contributed by atoms with Gasteiger partial charge in [-0.25, -0.2) is 0 Å². The van der Waals surface area contributed by atoms with Gasteiger partial charge in [0.2, 0.25) is 0 Å². The van der Waals surface area contributed by atoms with E-state index in [0.29, 0.717) is 16.1 Å². The zero-order valence-corrected chi connectivity index (χ0v) is 18.9. The maximum atomic E-state index is 5.64. The highest BCUT2D eigenvalue weighted by Crippen LogP contribution is 2.26. The Morgan fingerprint density at radius 2 is 1.23 bits per heavy atom. The van der Waals surface area contributed by atoms with E-state index in [4.69, 9.17) is 18.0 Å². The molecule has 0 unspecified atom stereocenters. The van der Waals surface area contributed by atoms with Gasteiger partial charge in [-0.05, 0) is 66.8 Å². The van der Waals surface area contributed by atoms with Crippen molar-refractivity contribution in [1.29, 1.82) is 0 Å². The lowest BCUT2D eigenvalue weighted by Gasteiger charge is -2.26. The van der Waals surface area contributed by atoms with E-state index in [2.05, 4.69) is 36.7 Å². The largest absolute Gasteiger partial charge is 0.376 e. The molecule has 3 rings (SSSR count). The number of benzene rings is 3. The minimum absolute atomic E-state index is 0.388. The Morgan fingerprint density at radius 1 is 0.800 bits per heavy atom. The summed E-state index contributed by atoms with van der Waals surface area (Å²) in [7, 11) is 0. The van der Waals surface area contributed by atoms with Crippen molar-refractivity contribution >= 4 is 51.7 Å². The second-order valence-electron chi connectivity index (χ2n) is 6.94. The first kappa shape index (κ1) is 23.3. The average molecular weight is 437 g/mol. The van der Waals surface area contributed by atoms with Crippen molar-refractivity contribution in [3.05, 3.63) is 91.0 Å². The van der Waals surface area contributed by atoms with Crippen LogP contribution in [-0.2, 0) is 0 Å². The van der Waals surface area contributed by atoms with Crippen LogP contribution in [-0.4, -0.2) is 16.8 Å². The van der Waals surface area contributed by atoms with E-state index in [1.807, 2.05) is 95.9 Å². The van der Waals surface area contributed by atoms with Gasteiger partial charge >= 0.3 is 0 Å². The number of anilines is 3. The van der Waals surface area contributed by atoms with Crippen molar-refractivity contribution in [2.75, 3.05) is 16.8 Å². The quantitative estimate of drug-likeness (QED) is 0.446. The van der Waals surface area contributed by atoms with Crippen LogP contribution in [0.2, 0.25) is 0 Å². The van der Waals surface area contributed by atoms with Gasteiger partial charge in [0, 0.05) is 23.6 Å². The van der Waals surface area contributed by atoms with Crippen molar-refractivity contribution < 1.29 is 0 Å². The lowest BCUT2D eigenvalue weighted by molar-refractivity contribution is 0.626. The summed E-state index contributed by atoms with van der Waals surface area (Å²) in [6.07, 6.45) is 0. The fourth-order valence-electron chi connectivity index (χ4n) is 2.54. The molecule has 0 aromatic heterocycles. The zero-order valence-electron chi connectivity index (χ0n) is 17.3. The lowest BCUT2D eigenvalue weighted by atomic mass is 10.2. The number of rotatable bonds is 5. The summed E-state index contributed by atoms with van der Waals surface area (Å²) < 4.78 is 0. The van der Waals surface area contributed by atoms with Crippen molar-refractivity contribution in [3.8, 4) is 0 Å².